The topological polar surface area (TPSA) is 136 Å². The molecule has 1 aromatic heterocycles. The number of H-pyrrole nitrogens is 1. The zero-order chi connectivity index (χ0) is 23.9. The normalized spacial score (nSPS) is 19.2. The molecule has 2 aliphatic heterocycles. The van der Waals surface area contributed by atoms with Gasteiger partial charge in [-0.3, -0.25) is 14.9 Å². The molecule has 4 amide bonds. The van der Waals surface area contributed by atoms with Crippen molar-refractivity contribution >= 4 is 35.0 Å². The molecule has 170 valence electrons. The summed E-state index contributed by atoms with van der Waals surface area (Å²) in [6, 6.07) is 9.90. The SMILES string of the molecule is COc1ccc2c(c1)C(=O)N(C[C@@]1(C#Cc3ccc4c(C=NO)c[nH]c4c3)NC(=O)NC1=O)C2. The molecule has 3 heterocycles. The first kappa shape index (κ1) is 21.1. The quantitative estimate of drug-likeness (QED) is 0.155. The van der Waals surface area contributed by atoms with Crippen molar-refractivity contribution < 1.29 is 24.3 Å². The molecule has 0 aliphatic carbocycles. The highest BCUT2D eigenvalue weighted by atomic mass is 16.5. The highest BCUT2D eigenvalue weighted by Crippen LogP contribution is 2.28. The minimum Gasteiger partial charge on any atom is -0.497 e. The molecule has 3 aromatic rings. The molecule has 2 aromatic carbocycles. The third-order valence-corrected chi connectivity index (χ3v) is 5.90. The van der Waals surface area contributed by atoms with E-state index >= 15 is 0 Å². The van der Waals surface area contributed by atoms with E-state index in [1.165, 1.54) is 18.2 Å². The van der Waals surface area contributed by atoms with Gasteiger partial charge in [-0.1, -0.05) is 29.1 Å². The first-order chi connectivity index (χ1) is 16.4. The highest BCUT2D eigenvalue weighted by molar-refractivity contribution is 6.10. The van der Waals surface area contributed by atoms with Gasteiger partial charge >= 0.3 is 6.03 Å². The maximum atomic E-state index is 13.0. The molecular weight excluding hydrogens is 438 g/mol. The maximum Gasteiger partial charge on any atom is 0.323 e. The van der Waals surface area contributed by atoms with Crippen LogP contribution in [0.25, 0.3) is 10.9 Å². The average Bonchev–Trinajstić information content (AvgIpc) is 3.46. The van der Waals surface area contributed by atoms with E-state index in [1.807, 2.05) is 0 Å². The lowest BCUT2D eigenvalue weighted by molar-refractivity contribution is -0.122. The van der Waals surface area contributed by atoms with Crippen LogP contribution in [0.5, 0.6) is 5.75 Å². The predicted octanol–water partition coefficient (Wildman–Crippen LogP) is 1.57. The molecule has 10 nitrogen and oxygen atoms in total. The second kappa shape index (κ2) is 7.97. The number of hydrogen-bond acceptors (Lipinski definition) is 6. The maximum absolute atomic E-state index is 13.0. The van der Waals surface area contributed by atoms with Crippen molar-refractivity contribution in [2.24, 2.45) is 5.16 Å². The third-order valence-electron chi connectivity index (χ3n) is 5.90. The van der Waals surface area contributed by atoms with Gasteiger partial charge in [0, 0.05) is 40.3 Å². The Kier molecular flexibility index (Phi) is 4.94. The molecule has 0 bridgehead atoms. The first-order valence-corrected chi connectivity index (χ1v) is 10.3. The number of oxime groups is 1. The number of fused-ring (bicyclic) bond motifs is 2. The van der Waals surface area contributed by atoms with Crippen molar-refractivity contribution in [3.05, 3.63) is 64.8 Å². The van der Waals surface area contributed by atoms with Gasteiger partial charge in [0.2, 0.25) is 5.54 Å². The fraction of sp³-hybridized carbons (Fsp3) is 0.167. The number of ether oxygens (including phenoxy) is 1. The summed E-state index contributed by atoms with van der Waals surface area (Å²) < 4.78 is 5.20. The van der Waals surface area contributed by atoms with Crippen LogP contribution in [0.2, 0.25) is 0 Å². The molecule has 10 heteroatoms. The van der Waals surface area contributed by atoms with Crippen LogP contribution in [-0.2, 0) is 11.3 Å². The second-order valence-electron chi connectivity index (χ2n) is 8.00. The van der Waals surface area contributed by atoms with Gasteiger partial charge in [-0.05, 0) is 29.8 Å². The summed E-state index contributed by atoms with van der Waals surface area (Å²) in [5.74, 6) is 5.52. The molecule has 0 radical (unpaired) electrons. The van der Waals surface area contributed by atoms with E-state index in [0.717, 1.165) is 16.5 Å². The lowest BCUT2D eigenvalue weighted by Crippen LogP contribution is -2.54. The Bertz CT molecular complexity index is 1450. The van der Waals surface area contributed by atoms with Crippen LogP contribution in [0.15, 0.2) is 47.8 Å². The molecule has 0 spiro atoms. The van der Waals surface area contributed by atoms with Crippen LogP contribution in [0, 0.1) is 11.8 Å². The molecule has 0 saturated carbocycles. The van der Waals surface area contributed by atoms with Gasteiger partial charge in [0.25, 0.3) is 11.8 Å². The van der Waals surface area contributed by atoms with Gasteiger partial charge in [-0.25, -0.2) is 4.79 Å². The Hall–Kier alpha value is -4.78. The van der Waals surface area contributed by atoms with E-state index in [-0.39, 0.29) is 19.0 Å². The standard InChI is InChI=1S/C24H19N5O5/c1-34-17-4-3-15-12-29(21(30)19(15)9-17)13-24(22(31)27-23(32)28-24)7-6-14-2-5-18-16(11-26-33)10-25-20(18)8-14/h2-5,8-11,25,33H,12-13H2,1H3,(H2,27,28,31,32)/t24-/m1/s1. The minimum absolute atomic E-state index is 0.116. The number of hydrogen-bond donors (Lipinski definition) is 4. The first-order valence-electron chi connectivity index (χ1n) is 10.3. The lowest BCUT2D eigenvalue weighted by atomic mass is 9.99. The molecule has 4 N–H and O–H groups in total. The number of imide groups is 1. The van der Waals surface area contributed by atoms with Crippen LogP contribution in [0.1, 0.15) is 27.0 Å². The molecule has 1 fully saturated rings. The van der Waals surface area contributed by atoms with Crippen molar-refractivity contribution in [3.63, 3.8) is 0 Å². The summed E-state index contributed by atoms with van der Waals surface area (Å²) in [4.78, 5) is 42.3. The van der Waals surface area contributed by atoms with Crippen LogP contribution >= 0.6 is 0 Å². The number of nitrogens with zero attached hydrogens (tertiary/aromatic N) is 2. The summed E-state index contributed by atoms with van der Waals surface area (Å²) in [6.45, 7) is 0.170. The molecule has 5 rings (SSSR count). The fourth-order valence-electron chi connectivity index (χ4n) is 4.19. The Morgan fingerprint density at radius 1 is 1.24 bits per heavy atom. The Morgan fingerprint density at radius 2 is 2.09 bits per heavy atom. The van der Waals surface area contributed by atoms with Gasteiger partial charge in [0.1, 0.15) is 5.75 Å². The lowest BCUT2D eigenvalue weighted by Gasteiger charge is -2.26. The molecule has 0 unspecified atom stereocenters. The molecule has 1 saturated heterocycles. The van der Waals surface area contributed by atoms with Crippen LogP contribution < -0.4 is 15.4 Å². The van der Waals surface area contributed by atoms with Crippen molar-refractivity contribution in [2.75, 3.05) is 13.7 Å². The molecule has 1 atom stereocenters. The fourth-order valence-corrected chi connectivity index (χ4v) is 4.19. The summed E-state index contributed by atoms with van der Waals surface area (Å²) >= 11 is 0. The Labute approximate surface area is 193 Å². The van der Waals surface area contributed by atoms with Crippen LogP contribution in [0.3, 0.4) is 0 Å². The summed E-state index contributed by atoms with van der Waals surface area (Å²) in [5, 5.41) is 17.5. The monoisotopic (exact) mass is 457 g/mol. The van der Waals surface area contributed by atoms with Gasteiger partial charge in [0.05, 0.1) is 19.9 Å². The number of carbonyl (C=O) groups is 3. The molecule has 34 heavy (non-hydrogen) atoms. The van der Waals surface area contributed by atoms with Crippen molar-refractivity contribution in [1.29, 1.82) is 0 Å². The van der Waals surface area contributed by atoms with Crippen LogP contribution in [0.4, 0.5) is 4.79 Å². The van der Waals surface area contributed by atoms with E-state index in [2.05, 4.69) is 32.6 Å². The van der Waals surface area contributed by atoms with E-state index in [1.54, 1.807) is 42.6 Å². The van der Waals surface area contributed by atoms with Crippen LogP contribution in [-0.4, -0.2) is 58.3 Å². The summed E-state index contributed by atoms with van der Waals surface area (Å²) in [5.41, 5.74) is 1.76. The van der Waals surface area contributed by atoms with E-state index in [4.69, 9.17) is 9.94 Å². The number of aromatic amines is 1. The highest BCUT2D eigenvalue weighted by Gasteiger charge is 2.48. The number of urea groups is 1. The van der Waals surface area contributed by atoms with Crippen molar-refractivity contribution in [3.8, 4) is 17.6 Å². The third kappa shape index (κ3) is 3.49. The number of amides is 4. The van der Waals surface area contributed by atoms with Crippen molar-refractivity contribution in [2.45, 2.75) is 12.1 Å². The molecular formula is C24H19N5O5. The summed E-state index contributed by atoms with van der Waals surface area (Å²) in [6.07, 6.45) is 3.01. The zero-order valence-corrected chi connectivity index (χ0v) is 18.0. The smallest absolute Gasteiger partial charge is 0.323 e. The number of benzene rings is 2. The number of methoxy groups -OCH3 is 1. The average molecular weight is 457 g/mol. The number of aromatic nitrogens is 1. The van der Waals surface area contributed by atoms with Crippen molar-refractivity contribution in [1.82, 2.24) is 20.5 Å². The zero-order valence-electron chi connectivity index (χ0n) is 18.0. The number of rotatable bonds is 4. The summed E-state index contributed by atoms with van der Waals surface area (Å²) in [7, 11) is 1.52. The van der Waals surface area contributed by atoms with Gasteiger partial charge in [-0.2, -0.15) is 0 Å². The van der Waals surface area contributed by atoms with Gasteiger partial charge in [-0.15, -0.1) is 0 Å². The molecule has 2 aliphatic rings. The minimum atomic E-state index is -1.60. The number of nitrogens with one attached hydrogen (secondary N) is 3. The van der Waals surface area contributed by atoms with E-state index in [0.29, 0.717) is 22.4 Å². The Morgan fingerprint density at radius 3 is 2.82 bits per heavy atom. The second-order valence-corrected chi connectivity index (χ2v) is 8.00. The number of carbonyl (C=O) groups excluding carboxylic acids is 3. The largest absolute Gasteiger partial charge is 0.497 e. The van der Waals surface area contributed by atoms with Gasteiger partial charge < -0.3 is 25.1 Å². The van der Waals surface area contributed by atoms with E-state index < -0.39 is 17.5 Å². The van der Waals surface area contributed by atoms with Gasteiger partial charge in [0.15, 0.2) is 0 Å². The Balaban J connectivity index is 1.46. The van der Waals surface area contributed by atoms with E-state index in [9.17, 15) is 14.4 Å². The predicted molar refractivity (Wildman–Crippen MR) is 122 cm³/mol.